The number of anilines is 3. The van der Waals surface area contributed by atoms with E-state index in [2.05, 4.69) is 21.2 Å². The molecule has 1 amide bonds. The maximum absolute atomic E-state index is 12.5. The van der Waals surface area contributed by atoms with Crippen LogP contribution >= 0.6 is 15.9 Å². The quantitative estimate of drug-likeness (QED) is 0.844. The van der Waals surface area contributed by atoms with Gasteiger partial charge in [-0.3, -0.25) is 9.69 Å². The first-order chi connectivity index (χ1) is 9.75. The van der Waals surface area contributed by atoms with Crippen molar-refractivity contribution in [3.8, 4) is 0 Å². The Balaban J connectivity index is 2.13. The van der Waals surface area contributed by atoms with Gasteiger partial charge in [-0.2, -0.15) is 0 Å². The zero-order valence-electron chi connectivity index (χ0n) is 11.0. The highest BCUT2D eigenvalue weighted by Gasteiger charge is 2.22. The number of benzene rings is 2. The molecule has 0 aliphatic carbocycles. The van der Waals surface area contributed by atoms with E-state index in [-0.39, 0.29) is 5.91 Å². The molecular formula is C16H15BrN2O. The van der Waals surface area contributed by atoms with E-state index in [9.17, 15) is 4.79 Å². The van der Waals surface area contributed by atoms with E-state index in [0.717, 1.165) is 34.5 Å². The minimum atomic E-state index is 0.136. The highest BCUT2D eigenvalue weighted by molar-refractivity contribution is 9.10. The van der Waals surface area contributed by atoms with Crippen LogP contribution in [-0.2, 0) is 4.79 Å². The summed E-state index contributed by atoms with van der Waals surface area (Å²) in [6, 6.07) is 15.8. The highest BCUT2D eigenvalue weighted by atomic mass is 79.9. The van der Waals surface area contributed by atoms with E-state index in [1.807, 2.05) is 48.5 Å². The summed E-state index contributed by atoms with van der Waals surface area (Å²) in [5, 5.41) is 3.39. The lowest BCUT2D eigenvalue weighted by molar-refractivity contribution is -0.118. The zero-order chi connectivity index (χ0) is 13.9. The number of rotatable bonds is 1. The van der Waals surface area contributed by atoms with Crippen molar-refractivity contribution < 1.29 is 4.79 Å². The summed E-state index contributed by atoms with van der Waals surface area (Å²) in [6.45, 7) is 0.828. The molecule has 0 unspecified atom stereocenters. The molecule has 1 aliphatic rings. The van der Waals surface area contributed by atoms with Crippen molar-refractivity contribution in [1.82, 2.24) is 0 Å². The van der Waals surface area contributed by atoms with Crippen molar-refractivity contribution in [2.45, 2.75) is 12.8 Å². The van der Waals surface area contributed by atoms with E-state index in [4.69, 9.17) is 0 Å². The van der Waals surface area contributed by atoms with Crippen molar-refractivity contribution in [2.24, 2.45) is 0 Å². The summed E-state index contributed by atoms with van der Waals surface area (Å²) in [6.07, 6.45) is 1.39. The molecule has 0 atom stereocenters. The Morgan fingerprint density at radius 2 is 1.95 bits per heavy atom. The Bertz CT molecular complexity index is 642. The Morgan fingerprint density at radius 3 is 2.80 bits per heavy atom. The van der Waals surface area contributed by atoms with Gasteiger partial charge < -0.3 is 5.32 Å². The number of para-hydroxylation sites is 2. The maximum atomic E-state index is 12.5. The molecule has 3 rings (SSSR count). The number of carbonyl (C=O) groups is 1. The molecule has 3 nitrogen and oxygen atoms in total. The fourth-order valence-electron chi connectivity index (χ4n) is 2.43. The molecule has 0 aromatic heterocycles. The summed E-state index contributed by atoms with van der Waals surface area (Å²) in [5.74, 6) is 0.136. The molecule has 2 aromatic rings. The van der Waals surface area contributed by atoms with Gasteiger partial charge in [-0.05, 0) is 36.8 Å². The zero-order valence-corrected chi connectivity index (χ0v) is 12.6. The van der Waals surface area contributed by atoms with Crippen LogP contribution in [0.15, 0.2) is 53.0 Å². The number of carbonyl (C=O) groups excluding carboxylic acids is 1. The van der Waals surface area contributed by atoms with Crippen molar-refractivity contribution in [2.75, 3.05) is 16.8 Å². The largest absolute Gasteiger partial charge is 0.383 e. The van der Waals surface area contributed by atoms with Crippen molar-refractivity contribution in [3.05, 3.63) is 53.0 Å². The molecule has 0 spiro atoms. The van der Waals surface area contributed by atoms with Gasteiger partial charge in [0.1, 0.15) is 0 Å². The van der Waals surface area contributed by atoms with Gasteiger partial charge in [0, 0.05) is 17.4 Å². The lowest BCUT2D eigenvalue weighted by Crippen LogP contribution is -2.29. The van der Waals surface area contributed by atoms with Gasteiger partial charge in [0.05, 0.1) is 17.1 Å². The van der Waals surface area contributed by atoms with Gasteiger partial charge in [0.2, 0.25) is 5.91 Å². The number of hydrogen-bond acceptors (Lipinski definition) is 2. The second kappa shape index (κ2) is 5.67. The number of nitrogens with zero attached hydrogens (tertiary/aromatic N) is 1. The summed E-state index contributed by atoms with van der Waals surface area (Å²) < 4.78 is 0.968. The lowest BCUT2D eigenvalue weighted by atomic mass is 10.1. The standard InChI is InChI=1S/C16H15BrN2O/c17-12-5-3-6-13(11-12)19-15-8-2-1-7-14(15)18-10-4-9-16(19)20/h1-3,5-8,11,18H,4,9-10H2. The van der Waals surface area contributed by atoms with Gasteiger partial charge in [-0.25, -0.2) is 0 Å². The van der Waals surface area contributed by atoms with Crippen LogP contribution in [0.1, 0.15) is 12.8 Å². The first-order valence-electron chi connectivity index (χ1n) is 6.67. The molecular weight excluding hydrogens is 316 g/mol. The average Bonchev–Trinajstić information content (AvgIpc) is 2.43. The first kappa shape index (κ1) is 13.2. The van der Waals surface area contributed by atoms with Crippen LogP contribution in [0.5, 0.6) is 0 Å². The van der Waals surface area contributed by atoms with Crippen LogP contribution < -0.4 is 10.2 Å². The molecule has 1 N–H and O–H groups in total. The Morgan fingerprint density at radius 1 is 1.10 bits per heavy atom. The molecule has 1 heterocycles. The molecule has 102 valence electrons. The molecule has 0 saturated carbocycles. The maximum Gasteiger partial charge on any atom is 0.231 e. The third-order valence-corrected chi connectivity index (χ3v) is 3.84. The van der Waals surface area contributed by atoms with Gasteiger partial charge in [-0.1, -0.05) is 34.1 Å². The van der Waals surface area contributed by atoms with Crippen LogP contribution in [-0.4, -0.2) is 12.5 Å². The molecule has 0 radical (unpaired) electrons. The van der Waals surface area contributed by atoms with Crippen LogP contribution in [0.25, 0.3) is 0 Å². The summed E-state index contributed by atoms with van der Waals surface area (Å²) in [7, 11) is 0. The summed E-state index contributed by atoms with van der Waals surface area (Å²) >= 11 is 3.47. The van der Waals surface area contributed by atoms with E-state index in [0.29, 0.717) is 6.42 Å². The normalized spacial score (nSPS) is 15.1. The smallest absolute Gasteiger partial charge is 0.231 e. The van der Waals surface area contributed by atoms with E-state index >= 15 is 0 Å². The Kier molecular flexibility index (Phi) is 3.74. The molecule has 0 fully saturated rings. The average molecular weight is 331 g/mol. The highest BCUT2D eigenvalue weighted by Crippen LogP contribution is 2.35. The van der Waals surface area contributed by atoms with Crippen LogP contribution in [0.4, 0.5) is 17.1 Å². The van der Waals surface area contributed by atoms with Crippen LogP contribution in [0, 0.1) is 0 Å². The van der Waals surface area contributed by atoms with Crippen molar-refractivity contribution in [1.29, 1.82) is 0 Å². The van der Waals surface area contributed by atoms with E-state index in [1.54, 1.807) is 4.90 Å². The van der Waals surface area contributed by atoms with Crippen molar-refractivity contribution in [3.63, 3.8) is 0 Å². The molecule has 1 aliphatic heterocycles. The fraction of sp³-hybridized carbons (Fsp3) is 0.188. The minimum Gasteiger partial charge on any atom is -0.383 e. The Hall–Kier alpha value is -1.81. The lowest BCUT2D eigenvalue weighted by Gasteiger charge is -2.28. The number of nitrogens with one attached hydrogen (secondary N) is 1. The summed E-state index contributed by atoms with van der Waals surface area (Å²) in [5.41, 5.74) is 2.80. The Labute approximate surface area is 126 Å². The number of halogens is 1. The summed E-state index contributed by atoms with van der Waals surface area (Å²) in [4.78, 5) is 14.3. The molecule has 0 saturated heterocycles. The van der Waals surface area contributed by atoms with E-state index < -0.39 is 0 Å². The third-order valence-electron chi connectivity index (χ3n) is 3.34. The fourth-order valence-corrected chi connectivity index (χ4v) is 2.81. The molecule has 4 heteroatoms. The van der Waals surface area contributed by atoms with Gasteiger partial charge in [0.15, 0.2) is 0 Å². The topological polar surface area (TPSA) is 32.3 Å². The number of hydrogen-bond donors (Lipinski definition) is 1. The monoisotopic (exact) mass is 330 g/mol. The van der Waals surface area contributed by atoms with Crippen molar-refractivity contribution >= 4 is 38.9 Å². The van der Waals surface area contributed by atoms with Crippen LogP contribution in [0.2, 0.25) is 0 Å². The predicted molar refractivity (Wildman–Crippen MR) is 85.5 cm³/mol. The van der Waals surface area contributed by atoms with Gasteiger partial charge >= 0.3 is 0 Å². The second-order valence-corrected chi connectivity index (χ2v) is 5.67. The SMILES string of the molecule is O=C1CCCNc2ccccc2N1c1cccc(Br)c1. The molecule has 2 aromatic carbocycles. The molecule has 0 bridgehead atoms. The number of fused-ring (bicyclic) bond motifs is 1. The van der Waals surface area contributed by atoms with Crippen LogP contribution in [0.3, 0.4) is 0 Å². The predicted octanol–water partition coefficient (Wildman–Crippen LogP) is 4.32. The molecule has 20 heavy (non-hydrogen) atoms. The second-order valence-electron chi connectivity index (χ2n) is 4.76. The third kappa shape index (κ3) is 2.56. The first-order valence-corrected chi connectivity index (χ1v) is 7.46. The van der Waals surface area contributed by atoms with E-state index in [1.165, 1.54) is 0 Å². The minimum absolute atomic E-state index is 0.136. The van der Waals surface area contributed by atoms with Gasteiger partial charge in [0.25, 0.3) is 0 Å². The number of amides is 1. The van der Waals surface area contributed by atoms with Gasteiger partial charge in [-0.15, -0.1) is 0 Å².